The van der Waals surface area contributed by atoms with Crippen molar-refractivity contribution < 1.29 is 4.79 Å². The van der Waals surface area contributed by atoms with Gasteiger partial charge in [-0.1, -0.05) is 12.1 Å². The van der Waals surface area contributed by atoms with Crippen molar-refractivity contribution in [3.63, 3.8) is 0 Å². The SMILES string of the molecule is Nc1cccc(CC(=O)NCCn2cccn2)c1. The number of rotatable bonds is 5. The summed E-state index contributed by atoms with van der Waals surface area (Å²) in [6, 6.07) is 9.21. The Labute approximate surface area is 106 Å². The molecule has 2 rings (SSSR count). The quantitative estimate of drug-likeness (QED) is 0.765. The number of nitrogens with two attached hydrogens (primary N) is 1. The molecule has 5 heteroatoms. The van der Waals surface area contributed by atoms with Gasteiger partial charge >= 0.3 is 0 Å². The molecule has 5 nitrogen and oxygen atoms in total. The standard InChI is InChI=1S/C13H16N4O/c14-12-4-1-3-11(9-12)10-13(18)15-6-8-17-7-2-5-16-17/h1-5,7,9H,6,8,10,14H2,(H,15,18). The molecule has 0 radical (unpaired) electrons. The van der Waals surface area contributed by atoms with Crippen molar-refractivity contribution >= 4 is 11.6 Å². The van der Waals surface area contributed by atoms with Crippen LogP contribution in [0, 0.1) is 0 Å². The van der Waals surface area contributed by atoms with E-state index in [0.29, 0.717) is 25.2 Å². The molecule has 3 N–H and O–H groups in total. The number of hydrogen-bond donors (Lipinski definition) is 2. The maximum Gasteiger partial charge on any atom is 0.224 e. The average Bonchev–Trinajstić information content (AvgIpc) is 2.82. The van der Waals surface area contributed by atoms with Gasteiger partial charge in [-0.25, -0.2) is 0 Å². The van der Waals surface area contributed by atoms with E-state index < -0.39 is 0 Å². The third kappa shape index (κ3) is 3.62. The molecule has 0 unspecified atom stereocenters. The minimum absolute atomic E-state index is 0.00671. The van der Waals surface area contributed by atoms with Crippen molar-refractivity contribution in [1.82, 2.24) is 15.1 Å². The number of amides is 1. The summed E-state index contributed by atoms with van der Waals surface area (Å²) in [5, 5.41) is 6.91. The van der Waals surface area contributed by atoms with Crippen molar-refractivity contribution in [3.05, 3.63) is 48.3 Å². The summed E-state index contributed by atoms with van der Waals surface area (Å²) in [7, 11) is 0. The van der Waals surface area contributed by atoms with Crippen LogP contribution in [0.15, 0.2) is 42.7 Å². The third-order valence-corrected chi connectivity index (χ3v) is 2.54. The highest BCUT2D eigenvalue weighted by molar-refractivity contribution is 5.78. The first-order valence-corrected chi connectivity index (χ1v) is 5.82. The minimum atomic E-state index is -0.00671. The highest BCUT2D eigenvalue weighted by atomic mass is 16.1. The minimum Gasteiger partial charge on any atom is -0.399 e. The number of benzene rings is 1. The normalized spacial score (nSPS) is 10.2. The maximum absolute atomic E-state index is 11.7. The highest BCUT2D eigenvalue weighted by Crippen LogP contribution is 2.06. The summed E-state index contributed by atoms with van der Waals surface area (Å²) in [5.74, 6) is -0.00671. The molecule has 1 aromatic carbocycles. The van der Waals surface area contributed by atoms with Crippen LogP contribution in [0.25, 0.3) is 0 Å². The average molecular weight is 244 g/mol. The molecule has 94 valence electrons. The van der Waals surface area contributed by atoms with Gasteiger partial charge in [0, 0.05) is 24.6 Å². The van der Waals surface area contributed by atoms with Crippen LogP contribution < -0.4 is 11.1 Å². The highest BCUT2D eigenvalue weighted by Gasteiger charge is 2.03. The summed E-state index contributed by atoms with van der Waals surface area (Å²) in [4.78, 5) is 11.7. The van der Waals surface area contributed by atoms with Gasteiger partial charge in [0.2, 0.25) is 5.91 Å². The Morgan fingerprint density at radius 1 is 1.39 bits per heavy atom. The molecule has 0 bridgehead atoms. The second-order valence-electron chi connectivity index (χ2n) is 4.04. The number of nitrogens with zero attached hydrogens (tertiary/aromatic N) is 2. The van der Waals surface area contributed by atoms with Gasteiger partial charge in [0.1, 0.15) is 0 Å². The molecule has 0 saturated heterocycles. The van der Waals surface area contributed by atoms with Crippen LogP contribution in [0.5, 0.6) is 0 Å². The molecule has 0 aliphatic carbocycles. The lowest BCUT2D eigenvalue weighted by Gasteiger charge is -2.06. The molecule has 0 saturated carbocycles. The molecule has 0 aliphatic rings. The number of nitrogens with one attached hydrogen (secondary N) is 1. The molecule has 1 heterocycles. The Bertz CT molecular complexity index is 507. The molecule has 0 fully saturated rings. The van der Waals surface area contributed by atoms with E-state index in [-0.39, 0.29) is 5.91 Å². The molecule has 0 aliphatic heterocycles. The largest absolute Gasteiger partial charge is 0.399 e. The van der Waals surface area contributed by atoms with Gasteiger partial charge in [-0.2, -0.15) is 5.10 Å². The van der Waals surface area contributed by atoms with E-state index in [4.69, 9.17) is 5.73 Å². The Hall–Kier alpha value is -2.30. The summed E-state index contributed by atoms with van der Waals surface area (Å²) < 4.78 is 1.78. The van der Waals surface area contributed by atoms with Gasteiger partial charge in [-0.05, 0) is 23.8 Å². The van der Waals surface area contributed by atoms with E-state index >= 15 is 0 Å². The fourth-order valence-corrected chi connectivity index (χ4v) is 1.69. The zero-order valence-corrected chi connectivity index (χ0v) is 10.0. The first kappa shape index (κ1) is 12.2. The Morgan fingerprint density at radius 2 is 2.28 bits per heavy atom. The van der Waals surface area contributed by atoms with Crippen LogP contribution in [0.3, 0.4) is 0 Å². The predicted molar refractivity (Wildman–Crippen MR) is 69.8 cm³/mol. The van der Waals surface area contributed by atoms with Gasteiger partial charge in [-0.15, -0.1) is 0 Å². The maximum atomic E-state index is 11.7. The Morgan fingerprint density at radius 3 is 3.00 bits per heavy atom. The van der Waals surface area contributed by atoms with E-state index in [2.05, 4.69) is 10.4 Å². The molecule has 2 aromatic rings. The molecule has 0 atom stereocenters. The molecule has 0 spiro atoms. The molecule has 1 aromatic heterocycles. The van der Waals surface area contributed by atoms with Crippen LogP contribution in [-0.4, -0.2) is 22.2 Å². The Kier molecular flexibility index (Phi) is 3.96. The molecular weight excluding hydrogens is 228 g/mol. The number of hydrogen-bond acceptors (Lipinski definition) is 3. The smallest absolute Gasteiger partial charge is 0.224 e. The first-order valence-electron chi connectivity index (χ1n) is 5.82. The summed E-state index contributed by atoms with van der Waals surface area (Å²) in [5.41, 5.74) is 7.26. The number of anilines is 1. The van der Waals surface area contributed by atoms with Gasteiger partial charge in [0.15, 0.2) is 0 Å². The lowest BCUT2D eigenvalue weighted by atomic mass is 10.1. The van der Waals surface area contributed by atoms with Gasteiger partial charge in [0.25, 0.3) is 0 Å². The number of nitrogen functional groups attached to an aromatic ring is 1. The van der Waals surface area contributed by atoms with E-state index in [1.165, 1.54) is 0 Å². The Balaban J connectivity index is 1.75. The van der Waals surface area contributed by atoms with Crippen molar-refractivity contribution in [3.8, 4) is 0 Å². The predicted octanol–water partition coefficient (Wildman–Crippen LogP) is 0.824. The van der Waals surface area contributed by atoms with Crippen LogP contribution in [0.4, 0.5) is 5.69 Å². The topological polar surface area (TPSA) is 72.9 Å². The lowest BCUT2D eigenvalue weighted by Crippen LogP contribution is -2.28. The summed E-state index contributed by atoms with van der Waals surface area (Å²) in [6.45, 7) is 1.25. The molecule has 1 amide bonds. The zero-order chi connectivity index (χ0) is 12.8. The third-order valence-electron chi connectivity index (χ3n) is 2.54. The van der Waals surface area contributed by atoms with E-state index in [1.807, 2.05) is 30.5 Å². The summed E-state index contributed by atoms with van der Waals surface area (Å²) >= 11 is 0. The van der Waals surface area contributed by atoms with E-state index in [0.717, 1.165) is 5.56 Å². The van der Waals surface area contributed by atoms with Crippen molar-refractivity contribution in [2.45, 2.75) is 13.0 Å². The van der Waals surface area contributed by atoms with Gasteiger partial charge in [0.05, 0.1) is 13.0 Å². The first-order chi connectivity index (χ1) is 8.74. The molecular formula is C13H16N4O. The summed E-state index contributed by atoms with van der Waals surface area (Å²) in [6.07, 6.45) is 3.93. The number of aromatic nitrogens is 2. The van der Waals surface area contributed by atoms with Crippen LogP contribution in [0.1, 0.15) is 5.56 Å². The monoisotopic (exact) mass is 244 g/mol. The number of carbonyl (C=O) groups is 1. The zero-order valence-electron chi connectivity index (χ0n) is 10.0. The molecule has 18 heavy (non-hydrogen) atoms. The van der Waals surface area contributed by atoms with Crippen LogP contribution in [-0.2, 0) is 17.8 Å². The van der Waals surface area contributed by atoms with Crippen LogP contribution in [0.2, 0.25) is 0 Å². The van der Waals surface area contributed by atoms with Gasteiger partial charge < -0.3 is 11.1 Å². The fraction of sp³-hybridized carbons (Fsp3) is 0.231. The van der Waals surface area contributed by atoms with Crippen molar-refractivity contribution in [1.29, 1.82) is 0 Å². The van der Waals surface area contributed by atoms with Crippen LogP contribution >= 0.6 is 0 Å². The number of carbonyl (C=O) groups excluding carboxylic acids is 1. The van der Waals surface area contributed by atoms with E-state index in [9.17, 15) is 4.79 Å². The van der Waals surface area contributed by atoms with Crippen molar-refractivity contribution in [2.24, 2.45) is 0 Å². The fourth-order valence-electron chi connectivity index (χ4n) is 1.69. The lowest BCUT2D eigenvalue weighted by molar-refractivity contribution is -0.120. The van der Waals surface area contributed by atoms with Crippen molar-refractivity contribution in [2.75, 3.05) is 12.3 Å². The second-order valence-corrected chi connectivity index (χ2v) is 4.04. The van der Waals surface area contributed by atoms with Gasteiger partial charge in [-0.3, -0.25) is 9.48 Å². The van der Waals surface area contributed by atoms with E-state index in [1.54, 1.807) is 16.9 Å². The second kappa shape index (κ2) is 5.86.